The quantitative estimate of drug-likeness (QED) is 0.568. The van der Waals surface area contributed by atoms with Crippen LogP contribution in [0.2, 0.25) is 0 Å². The first-order chi connectivity index (χ1) is 7.74. The average molecular weight is 223 g/mol. The molecule has 92 valence electrons. The minimum atomic E-state index is 0.513. The number of nitrogens with one attached hydrogen (secondary N) is 1. The van der Waals surface area contributed by atoms with Gasteiger partial charge in [0.05, 0.1) is 0 Å². The Balaban J connectivity index is 1.73. The van der Waals surface area contributed by atoms with Gasteiger partial charge in [-0.15, -0.1) is 0 Å². The lowest BCUT2D eigenvalue weighted by molar-refractivity contribution is 0.411. The average Bonchev–Trinajstić information content (AvgIpc) is 3.09. The molecule has 0 aromatic heterocycles. The van der Waals surface area contributed by atoms with Gasteiger partial charge in [-0.25, -0.2) is 0 Å². The summed E-state index contributed by atoms with van der Waals surface area (Å²) in [6, 6.07) is 0.578. The van der Waals surface area contributed by atoms with Crippen LogP contribution in [0.3, 0.4) is 0 Å². The molecule has 16 heavy (non-hydrogen) atoms. The van der Waals surface area contributed by atoms with E-state index in [1.54, 1.807) is 0 Å². The Morgan fingerprint density at radius 3 is 2.56 bits per heavy atom. The van der Waals surface area contributed by atoms with Crippen molar-refractivity contribution in [3.8, 4) is 0 Å². The highest BCUT2D eigenvalue weighted by atomic mass is 15.1. The highest BCUT2D eigenvalue weighted by Gasteiger charge is 2.40. The molecule has 3 N–H and O–H groups in total. The van der Waals surface area contributed by atoms with E-state index >= 15 is 0 Å². The van der Waals surface area contributed by atoms with E-state index in [1.807, 2.05) is 0 Å². The second-order valence-corrected chi connectivity index (χ2v) is 5.53. The van der Waals surface area contributed by atoms with Gasteiger partial charge in [0, 0.05) is 12.6 Å². The van der Waals surface area contributed by atoms with E-state index in [-0.39, 0.29) is 0 Å². The third kappa shape index (κ3) is 3.13. The van der Waals surface area contributed by atoms with Crippen molar-refractivity contribution >= 4 is 5.96 Å². The van der Waals surface area contributed by atoms with Crippen molar-refractivity contribution in [3.63, 3.8) is 0 Å². The van der Waals surface area contributed by atoms with Crippen LogP contribution in [0.1, 0.15) is 58.3 Å². The van der Waals surface area contributed by atoms with Crippen molar-refractivity contribution in [2.45, 2.75) is 64.3 Å². The number of nitrogens with two attached hydrogens (primary N) is 1. The van der Waals surface area contributed by atoms with Crippen molar-refractivity contribution in [2.24, 2.45) is 16.1 Å². The van der Waals surface area contributed by atoms with Crippen LogP contribution in [0.25, 0.3) is 0 Å². The smallest absolute Gasteiger partial charge is 0.188 e. The topological polar surface area (TPSA) is 50.4 Å². The van der Waals surface area contributed by atoms with Crippen molar-refractivity contribution in [3.05, 3.63) is 0 Å². The largest absolute Gasteiger partial charge is 0.370 e. The number of guanidine groups is 1. The minimum absolute atomic E-state index is 0.513. The van der Waals surface area contributed by atoms with Gasteiger partial charge in [-0.2, -0.15) is 0 Å². The Morgan fingerprint density at radius 1 is 1.31 bits per heavy atom. The lowest BCUT2D eigenvalue weighted by atomic mass is 9.96. The van der Waals surface area contributed by atoms with Crippen molar-refractivity contribution in [1.29, 1.82) is 0 Å². The van der Waals surface area contributed by atoms with Crippen LogP contribution in [-0.4, -0.2) is 18.5 Å². The van der Waals surface area contributed by atoms with Gasteiger partial charge >= 0.3 is 0 Å². The fraction of sp³-hybridized carbons (Fsp3) is 0.923. The van der Waals surface area contributed by atoms with Gasteiger partial charge in [0.25, 0.3) is 0 Å². The monoisotopic (exact) mass is 223 g/mol. The molecule has 0 unspecified atom stereocenters. The maximum Gasteiger partial charge on any atom is 0.188 e. The molecule has 2 aliphatic rings. The van der Waals surface area contributed by atoms with Gasteiger partial charge in [0.1, 0.15) is 0 Å². The summed E-state index contributed by atoms with van der Waals surface area (Å²) in [4.78, 5) is 4.51. The molecule has 3 heteroatoms. The second kappa shape index (κ2) is 5.07. The minimum Gasteiger partial charge on any atom is -0.370 e. The lowest BCUT2D eigenvalue weighted by Gasteiger charge is -2.23. The summed E-state index contributed by atoms with van der Waals surface area (Å²) >= 11 is 0. The number of hydrogen-bond donors (Lipinski definition) is 2. The predicted octanol–water partition coefficient (Wildman–Crippen LogP) is 2.41. The summed E-state index contributed by atoms with van der Waals surface area (Å²) in [6.07, 6.45) is 10.5. The Kier molecular flexibility index (Phi) is 3.72. The fourth-order valence-corrected chi connectivity index (χ4v) is 2.55. The molecule has 0 aromatic rings. The molecule has 0 bridgehead atoms. The predicted molar refractivity (Wildman–Crippen MR) is 68.5 cm³/mol. The number of rotatable bonds is 4. The zero-order valence-corrected chi connectivity index (χ0v) is 10.5. The molecule has 0 aromatic carbocycles. The number of nitrogens with zero attached hydrogens (tertiary/aromatic N) is 1. The molecule has 0 spiro atoms. The Hall–Kier alpha value is -0.730. The SMILES string of the molecule is CCC1(CN=C(N)NC2CCCCC2)CC1. The van der Waals surface area contributed by atoms with E-state index in [0.29, 0.717) is 17.4 Å². The second-order valence-electron chi connectivity index (χ2n) is 5.53. The molecular formula is C13H25N3. The van der Waals surface area contributed by atoms with Gasteiger partial charge in [-0.3, -0.25) is 4.99 Å². The molecule has 2 saturated carbocycles. The van der Waals surface area contributed by atoms with Crippen molar-refractivity contribution in [2.75, 3.05) is 6.54 Å². The summed E-state index contributed by atoms with van der Waals surface area (Å²) in [5, 5.41) is 3.37. The fourth-order valence-electron chi connectivity index (χ4n) is 2.55. The molecule has 2 aliphatic carbocycles. The summed E-state index contributed by atoms with van der Waals surface area (Å²) in [6.45, 7) is 3.18. The molecule has 0 atom stereocenters. The molecule has 0 amide bonds. The Bertz CT molecular complexity index is 250. The van der Waals surface area contributed by atoms with Crippen LogP contribution in [0.4, 0.5) is 0 Å². The van der Waals surface area contributed by atoms with Crippen molar-refractivity contribution in [1.82, 2.24) is 5.32 Å². The molecule has 0 radical (unpaired) electrons. The maximum absolute atomic E-state index is 5.93. The number of hydrogen-bond acceptors (Lipinski definition) is 1. The summed E-state index contributed by atoms with van der Waals surface area (Å²) in [5.41, 5.74) is 6.45. The molecule has 0 aliphatic heterocycles. The maximum atomic E-state index is 5.93. The molecular weight excluding hydrogens is 198 g/mol. The Morgan fingerprint density at radius 2 is 2.00 bits per heavy atom. The van der Waals surface area contributed by atoms with Gasteiger partial charge in [0.15, 0.2) is 5.96 Å². The van der Waals surface area contributed by atoms with Crippen LogP contribution >= 0.6 is 0 Å². The van der Waals surface area contributed by atoms with Crippen LogP contribution in [0, 0.1) is 5.41 Å². The van der Waals surface area contributed by atoms with Crippen LogP contribution in [0.15, 0.2) is 4.99 Å². The van der Waals surface area contributed by atoms with Crippen LogP contribution < -0.4 is 11.1 Å². The normalized spacial score (nSPS) is 25.4. The lowest BCUT2D eigenvalue weighted by Crippen LogP contribution is -2.41. The first kappa shape index (κ1) is 11.7. The molecule has 0 heterocycles. The van der Waals surface area contributed by atoms with E-state index < -0.39 is 0 Å². The summed E-state index contributed by atoms with van der Waals surface area (Å²) in [5.74, 6) is 0.673. The van der Waals surface area contributed by atoms with Crippen LogP contribution in [0.5, 0.6) is 0 Å². The van der Waals surface area contributed by atoms with E-state index in [4.69, 9.17) is 5.73 Å². The first-order valence-corrected chi connectivity index (χ1v) is 6.81. The zero-order valence-electron chi connectivity index (χ0n) is 10.5. The highest BCUT2D eigenvalue weighted by molar-refractivity contribution is 5.78. The van der Waals surface area contributed by atoms with Gasteiger partial charge in [0.2, 0.25) is 0 Å². The van der Waals surface area contributed by atoms with Crippen molar-refractivity contribution < 1.29 is 0 Å². The van der Waals surface area contributed by atoms with E-state index in [9.17, 15) is 0 Å². The van der Waals surface area contributed by atoms with E-state index in [1.165, 1.54) is 51.4 Å². The van der Waals surface area contributed by atoms with Crippen LogP contribution in [-0.2, 0) is 0 Å². The third-order valence-electron chi connectivity index (χ3n) is 4.25. The van der Waals surface area contributed by atoms with Gasteiger partial charge in [-0.05, 0) is 37.5 Å². The number of aliphatic imine (C=N–C) groups is 1. The molecule has 0 saturated heterocycles. The molecule has 2 rings (SSSR count). The van der Waals surface area contributed by atoms with Gasteiger partial charge in [-0.1, -0.05) is 26.2 Å². The van der Waals surface area contributed by atoms with Gasteiger partial charge < -0.3 is 11.1 Å². The Labute approximate surface area is 98.9 Å². The third-order valence-corrected chi connectivity index (χ3v) is 4.25. The van der Waals surface area contributed by atoms with E-state index in [0.717, 1.165) is 6.54 Å². The molecule has 2 fully saturated rings. The zero-order chi connectivity index (χ0) is 11.4. The summed E-state index contributed by atoms with van der Waals surface area (Å²) < 4.78 is 0. The summed E-state index contributed by atoms with van der Waals surface area (Å²) in [7, 11) is 0. The first-order valence-electron chi connectivity index (χ1n) is 6.81. The van der Waals surface area contributed by atoms with E-state index in [2.05, 4.69) is 17.2 Å². The highest BCUT2D eigenvalue weighted by Crippen LogP contribution is 2.48. The standard InChI is InChI=1S/C13H25N3/c1-2-13(8-9-13)10-15-12(14)16-11-6-4-3-5-7-11/h11H,2-10H2,1H3,(H3,14,15,16). The molecule has 3 nitrogen and oxygen atoms in total.